The molecule has 0 aliphatic carbocycles. The van der Waals surface area contributed by atoms with Gasteiger partial charge in [-0.15, -0.1) is 0 Å². The van der Waals surface area contributed by atoms with Crippen molar-refractivity contribution in [1.29, 1.82) is 0 Å². The molecular formula is C24H39N3O. The van der Waals surface area contributed by atoms with E-state index < -0.39 is 0 Å². The number of unbranched alkanes of at least 4 members (excludes halogenated alkanes) is 12. The molecule has 1 amide bonds. The first-order valence-electron chi connectivity index (χ1n) is 11.2. The lowest BCUT2D eigenvalue weighted by molar-refractivity contribution is 0.0955. The minimum Gasteiger partial charge on any atom is -0.267 e. The van der Waals surface area contributed by atoms with E-state index in [1.165, 1.54) is 77.0 Å². The maximum absolute atomic E-state index is 11.8. The van der Waals surface area contributed by atoms with Gasteiger partial charge in [0.1, 0.15) is 0 Å². The van der Waals surface area contributed by atoms with E-state index >= 15 is 0 Å². The van der Waals surface area contributed by atoms with Crippen LogP contribution in [0.4, 0.5) is 0 Å². The first-order valence-corrected chi connectivity index (χ1v) is 11.2. The summed E-state index contributed by atoms with van der Waals surface area (Å²) in [4.78, 5) is 15.6. The summed E-state index contributed by atoms with van der Waals surface area (Å²) in [6.45, 7) is 2.27. The van der Waals surface area contributed by atoms with Crippen LogP contribution in [0.5, 0.6) is 0 Å². The highest BCUT2D eigenvalue weighted by molar-refractivity contribution is 5.94. The van der Waals surface area contributed by atoms with Gasteiger partial charge in [-0.3, -0.25) is 9.78 Å². The van der Waals surface area contributed by atoms with E-state index in [0.29, 0.717) is 5.56 Å². The Labute approximate surface area is 171 Å². The highest BCUT2D eigenvalue weighted by Gasteiger charge is 2.01. The molecule has 156 valence electrons. The van der Waals surface area contributed by atoms with Crippen LogP contribution in [0.3, 0.4) is 0 Å². The summed E-state index contributed by atoms with van der Waals surface area (Å²) in [5.41, 5.74) is 3.12. The number of pyridine rings is 1. The highest BCUT2D eigenvalue weighted by atomic mass is 16.2. The van der Waals surface area contributed by atoms with Crippen molar-refractivity contribution in [3.8, 4) is 0 Å². The zero-order chi connectivity index (χ0) is 20.1. The van der Waals surface area contributed by atoms with Gasteiger partial charge in [0.25, 0.3) is 5.91 Å². The van der Waals surface area contributed by atoms with Gasteiger partial charge in [0.2, 0.25) is 0 Å². The van der Waals surface area contributed by atoms with Crippen LogP contribution in [0.15, 0.2) is 41.8 Å². The molecule has 4 heteroatoms. The van der Waals surface area contributed by atoms with E-state index in [1.54, 1.807) is 30.7 Å². The summed E-state index contributed by atoms with van der Waals surface area (Å²) in [6.07, 6.45) is 27.6. The van der Waals surface area contributed by atoms with Gasteiger partial charge in [-0.05, 0) is 50.7 Å². The number of rotatable bonds is 17. The first-order chi connectivity index (χ1) is 13.8. The van der Waals surface area contributed by atoms with Crippen LogP contribution in [-0.2, 0) is 0 Å². The van der Waals surface area contributed by atoms with Gasteiger partial charge < -0.3 is 0 Å². The first kappa shape index (κ1) is 24.1. The van der Waals surface area contributed by atoms with Crippen molar-refractivity contribution in [1.82, 2.24) is 10.4 Å². The Bertz CT molecular complexity index is 540. The Kier molecular flexibility index (Phi) is 15.8. The summed E-state index contributed by atoms with van der Waals surface area (Å²) >= 11 is 0. The van der Waals surface area contributed by atoms with Gasteiger partial charge in [0, 0.05) is 24.2 Å². The summed E-state index contributed by atoms with van der Waals surface area (Å²) in [6, 6.07) is 3.35. The number of nitrogens with zero attached hydrogens (tertiary/aromatic N) is 2. The zero-order valence-corrected chi connectivity index (χ0v) is 17.7. The Hall–Kier alpha value is -1.97. The molecule has 0 unspecified atom stereocenters. The molecule has 1 aromatic rings. The number of aromatic nitrogens is 1. The molecule has 0 spiro atoms. The van der Waals surface area contributed by atoms with Gasteiger partial charge in [-0.1, -0.05) is 70.4 Å². The lowest BCUT2D eigenvalue weighted by Gasteiger charge is -2.00. The lowest BCUT2D eigenvalue weighted by Crippen LogP contribution is -2.17. The molecule has 1 aromatic heterocycles. The van der Waals surface area contributed by atoms with Gasteiger partial charge in [-0.25, -0.2) is 5.43 Å². The summed E-state index contributed by atoms with van der Waals surface area (Å²) in [5.74, 6) is -0.191. The molecule has 0 aliphatic rings. The third-order valence-electron chi connectivity index (χ3n) is 4.79. The van der Waals surface area contributed by atoms with Crippen LogP contribution in [0.1, 0.15) is 107 Å². The fraction of sp³-hybridized carbons (Fsp3) is 0.625. The Balaban J connectivity index is 1.84. The van der Waals surface area contributed by atoms with Gasteiger partial charge in [0.15, 0.2) is 0 Å². The standard InChI is InChI=1S/C24H39N3O/c1-2-3-4-5-6-7-8-9-10-11-12-13-14-15-16-17-20-26-27-24(28)23-18-21-25-22-19-23/h9-10,18-22H,2-8,11-17H2,1H3,(H,27,28)/b10-9-,26-20+. The zero-order valence-electron chi connectivity index (χ0n) is 17.7. The second-order valence-electron chi connectivity index (χ2n) is 7.36. The summed E-state index contributed by atoms with van der Waals surface area (Å²) < 4.78 is 0. The normalized spacial score (nSPS) is 11.5. The van der Waals surface area contributed by atoms with E-state index in [-0.39, 0.29) is 5.91 Å². The maximum Gasteiger partial charge on any atom is 0.271 e. The average Bonchev–Trinajstić information content (AvgIpc) is 2.73. The number of hydrogen-bond acceptors (Lipinski definition) is 3. The van der Waals surface area contributed by atoms with E-state index in [1.807, 2.05) is 0 Å². The molecule has 0 atom stereocenters. The van der Waals surface area contributed by atoms with Crippen LogP contribution in [0.2, 0.25) is 0 Å². The van der Waals surface area contributed by atoms with Gasteiger partial charge in [-0.2, -0.15) is 5.10 Å². The molecule has 0 fully saturated rings. The molecule has 0 saturated carbocycles. The van der Waals surface area contributed by atoms with Crippen LogP contribution in [0, 0.1) is 0 Å². The number of allylic oxidation sites excluding steroid dienone is 2. The predicted molar refractivity (Wildman–Crippen MR) is 120 cm³/mol. The number of hydrogen-bond donors (Lipinski definition) is 1. The number of amides is 1. The molecule has 0 radical (unpaired) electrons. The SMILES string of the molecule is CCCCCCCC/C=C\CCCCCCC/C=N/NC(=O)c1ccncc1. The summed E-state index contributed by atoms with van der Waals surface area (Å²) in [7, 11) is 0. The minimum absolute atomic E-state index is 0.191. The quantitative estimate of drug-likeness (QED) is 0.138. The Morgan fingerprint density at radius 3 is 2.00 bits per heavy atom. The van der Waals surface area contributed by atoms with Crippen LogP contribution >= 0.6 is 0 Å². The Morgan fingerprint density at radius 2 is 1.39 bits per heavy atom. The number of nitrogens with one attached hydrogen (secondary N) is 1. The number of carbonyl (C=O) groups excluding carboxylic acids is 1. The van der Waals surface area contributed by atoms with Crippen molar-refractivity contribution in [2.24, 2.45) is 5.10 Å². The third-order valence-corrected chi connectivity index (χ3v) is 4.79. The fourth-order valence-electron chi connectivity index (χ4n) is 3.04. The monoisotopic (exact) mass is 385 g/mol. The molecule has 28 heavy (non-hydrogen) atoms. The average molecular weight is 386 g/mol. The molecule has 0 aromatic carbocycles. The van der Waals surface area contributed by atoms with Crippen LogP contribution in [-0.4, -0.2) is 17.1 Å². The third kappa shape index (κ3) is 14.1. The second kappa shape index (κ2) is 18.4. The fourth-order valence-corrected chi connectivity index (χ4v) is 3.04. The van der Waals surface area contributed by atoms with Crippen molar-refractivity contribution in [2.45, 2.75) is 96.8 Å². The molecule has 1 N–H and O–H groups in total. The highest BCUT2D eigenvalue weighted by Crippen LogP contribution is 2.09. The number of hydrazone groups is 1. The van der Waals surface area contributed by atoms with E-state index in [4.69, 9.17) is 0 Å². The minimum atomic E-state index is -0.191. The van der Waals surface area contributed by atoms with E-state index in [2.05, 4.69) is 34.6 Å². The Morgan fingerprint density at radius 1 is 0.857 bits per heavy atom. The molecule has 1 rings (SSSR count). The van der Waals surface area contributed by atoms with Gasteiger partial charge in [0.05, 0.1) is 0 Å². The predicted octanol–water partition coefficient (Wildman–Crippen LogP) is 6.83. The smallest absolute Gasteiger partial charge is 0.267 e. The summed E-state index contributed by atoms with van der Waals surface area (Å²) in [5, 5.41) is 4.00. The lowest BCUT2D eigenvalue weighted by atomic mass is 10.1. The molecule has 1 heterocycles. The maximum atomic E-state index is 11.8. The van der Waals surface area contributed by atoms with Gasteiger partial charge >= 0.3 is 0 Å². The topological polar surface area (TPSA) is 54.4 Å². The van der Waals surface area contributed by atoms with Crippen LogP contribution in [0.25, 0.3) is 0 Å². The molecule has 0 bridgehead atoms. The number of carbonyl (C=O) groups is 1. The largest absolute Gasteiger partial charge is 0.271 e. The van der Waals surface area contributed by atoms with Crippen molar-refractivity contribution in [3.05, 3.63) is 42.2 Å². The van der Waals surface area contributed by atoms with E-state index in [9.17, 15) is 4.79 Å². The van der Waals surface area contributed by atoms with Crippen molar-refractivity contribution < 1.29 is 4.79 Å². The van der Waals surface area contributed by atoms with Crippen LogP contribution < -0.4 is 5.43 Å². The second-order valence-corrected chi connectivity index (χ2v) is 7.36. The molecular weight excluding hydrogens is 346 g/mol. The molecule has 4 nitrogen and oxygen atoms in total. The molecule has 0 aliphatic heterocycles. The van der Waals surface area contributed by atoms with Crippen molar-refractivity contribution in [3.63, 3.8) is 0 Å². The van der Waals surface area contributed by atoms with Crippen molar-refractivity contribution in [2.75, 3.05) is 0 Å². The molecule has 0 saturated heterocycles. The van der Waals surface area contributed by atoms with Crippen molar-refractivity contribution >= 4 is 12.1 Å². The van der Waals surface area contributed by atoms with E-state index in [0.717, 1.165) is 12.8 Å².